The van der Waals surface area contributed by atoms with Gasteiger partial charge in [-0.15, -0.1) is 11.3 Å². The Balaban J connectivity index is 1.48. The Morgan fingerprint density at radius 2 is 2.25 bits per heavy atom. The molecule has 16 heavy (non-hydrogen) atoms. The van der Waals surface area contributed by atoms with Gasteiger partial charge in [-0.2, -0.15) is 0 Å². The van der Waals surface area contributed by atoms with E-state index in [2.05, 4.69) is 10.3 Å². The van der Waals surface area contributed by atoms with E-state index in [0.717, 1.165) is 19.7 Å². The van der Waals surface area contributed by atoms with E-state index in [0.29, 0.717) is 6.10 Å². The minimum absolute atomic E-state index is 0.527. The molecule has 1 saturated carbocycles. The minimum atomic E-state index is 0.527. The second kappa shape index (κ2) is 6.99. The smallest absolute Gasteiger partial charge is 0.0794 e. The number of hydrogen-bond acceptors (Lipinski definition) is 4. The standard InChI is InChI=1S/C12H20N2OS/c1-2-4-11(5-3-1)15-7-6-13-8-12-9-14-10-16-12/h9-11,13H,1-8H2. The van der Waals surface area contributed by atoms with Crippen LogP contribution in [0.3, 0.4) is 0 Å². The number of rotatable bonds is 6. The van der Waals surface area contributed by atoms with Gasteiger partial charge in [0, 0.05) is 24.2 Å². The van der Waals surface area contributed by atoms with E-state index in [-0.39, 0.29) is 0 Å². The zero-order valence-corrected chi connectivity index (χ0v) is 10.5. The molecule has 0 aromatic carbocycles. The first kappa shape index (κ1) is 12.0. The topological polar surface area (TPSA) is 34.2 Å². The fourth-order valence-corrected chi connectivity index (χ4v) is 2.63. The van der Waals surface area contributed by atoms with Crippen LogP contribution < -0.4 is 5.32 Å². The summed E-state index contributed by atoms with van der Waals surface area (Å²) in [5, 5.41) is 3.37. The van der Waals surface area contributed by atoms with Gasteiger partial charge in [-0.25, -0.2) is 0 Å². The Morgan fingerprint density at radius 3 is 3.00 bits per heavy atom. The Bertz CT molecular complexity index is 271. The van der Waals surface area contributed by atoms with E-state index < -0.39 is 0 Å². The van der Waals surface area contributed by atoms with Gasteiger partial charge in [0.05, 0.1) is 18.2 Å². The van der Waals surface area contributed by atoms with Gasteiger partial charge in [-0.05, 0) is 12.8 Å². The average Bonchev–Trinajstić information content (AvgIpc) is 2.83. The normalized spacial score (nSPS) is 17.8. The molecule has 0 amide bonds. The molecule has 2 rings (SSSR count). The Labute approximate surface area is 101 Å². The molecule has 0 spiro atoms. The first-order chi connectivity index (χ1) is 7.95. The van der Waals surface area contributed by atoms with Crippen LogP contribution in [0.1, 0.15) is 37.0 Å². The van der Waals surface area contributed by atoms with Crippen LogP contribution in [0.4, 0.5) is 0 Å². The molecular formula is C12H20N2OS. The number of thiazole rings is 1. The van der Waals surface area contributed by atoms with Gasteiger partial charge < -0.3 is 10.1 Å². The van der Waals surface area contributed by atoms with Gasteiger partial charge in [0.25, 0.3) is 0 Å². The van der Waals surface area contributed by atoms with Crippen molar-refractivity contribution in [3.05, 3.63) is 16.6 Å². The molecule has 0 atom stereocenters. The summed E-state index contributed by atoms with van der Waals surface area (Å²) in [5.74, 6) is 0. The first-order valence-corrected chi connectivity index (χ1v) is 7.03. The first-order valence-electron chi connectivity index (χ1n) is 6.15. The van der Waals surface area contributed by atoms with Gasteiger partial charge in [0.1, 0.15) is 0 Å². The molecule has 1 heterocycles. The Kier molecular flexibility index (Phi) is 5.25. The SMILES string of the molecule is c1ncc(CNCCOC2CCCCC2)s1. The van der Waals surface area contributed by atoms with E-state index in [9.17, 15) is 0 Å². The van der Waals surface area contributed by atoms with Crippen molar-refractivity contribution in [1.29, 1.82) is 0 Å². The van der Waals surface area contributed by atoms with E-state index >= 15 is 0 Å². The van der Waals surface area contributed by atoms with Gasteiger partial charge in [0.2, 0.25) is 0 Å². The summed E-state index contributed by atoms with van der Waals surface area (Å²) in [7, 11) is 0. The van der Waals surface area contributed by atoms with Crippen LogP contribution in [-0.2, 0) is 11.3 Å². The predicted octanol–water partition coefficient (Wildman–Crippen LogP) is 2.58. The highest BCUT2D eigenvalue weighted by Crippen LogP contribution is 2.19. The number of nitrogens with one attached hydrogen (secondary N) is 1. The summed E-state index contributed by atoms with van der Waals surface area (Å²) < 4.78 is 5.83. The summed E-state index contributed by atoms with van der Waals surface area (Å²) in [5.41, 5.74) is 1.87. The van der Waals surface area contributed by atoms with Crippen molar-refractivity contribution in [2.24, 2.45) is 0 Å². The second-order valence-corrected chi connectivity index (χ2v) is 5.25. The summed E-state index contributed by atoms with van der Waals surface area (Å²) in [6.07, 6.45) is 9.05. The highest BCUT2D eigenvalue weighted by atomic mass is 32.1. The molecule has 0 bridgehead atoms. The number of hydrogen-bond donors (Lipinski definition) is 1. The molecule has 1 aromatic rings. The van der Waals surface area contributed by atoms with Crippen LogP contribution in [0.15, 0.2) is 11.7 Å². The van der Waals surface area contributed by atoms with Crippen LogP contribution >= 0.6 is 11.3 Å². The second-order valence-electron chi connectivity index (χ2n) is 4.28. The van der Waals surface area contributed by atoms with Crippen LogP contribution in [0.5, 0.6) is 0 Å². The van der Waals surface area contributed by atoms with E-state index in [1.807, 2.05) is 11.7 Å². The minimum Gasteiger partial charge on any atom is -0.377 e. The largest absolute Gasteiger partial charge is 0.377 e. The van der Waals surface area contributed by atoms with Crippen LogP contribution in [0.25, 0.3) is 0 Å². The average molecular weight is 240 g/mol. The van der Waals surface area contributed by atoms with Crippen molar-refractivity contribution in [3.63, 3.8) is 0 Å². The molecule has 0 saturated heterocycles. The van der Waals surface area contributed by atoms with Gasteiger partial charge in [-0.3, -0.25) is 4.98 Å². The van der Waals surface area contributed by atoms with Crippen molar-refractivity contribution in [3.8, 4) is 0 Å². The fourth-order valence-electron chi connectivity index (χ4n) is 2.07. The van der Waals surface area contributed by atoms with Crippen LogP contribution in [0, 0.1) is 0 Å². The van der Waals surface area contributed by atoms with Gasteiger partial charge in [0.15, 0.2) is 0 Å². The zero-order valence-electron chi connectivity index (χ0n) is 9.65. The van der Waals surface area contributed by atoms with E-state index in [4.69, 9.17) is 4.74 Å². The van der Waals surface area contributed by atoms with Gasteiger partial charge in [-0.1, -0.05) is 19.3 Å². The lowest BCUT2D eigenvalue weighted by atomic mass is 9.98. The van der Waals surface area contributed by atoms with E-state index in [1.165, 1.54) is 37.0 Å². The molecule has 1 aliphatic rings. The van der Waals surface area contributed by atoms with Gasteiger partial charge >= 0.3 is 0 Å². The number of ether oxygens (including phenoxy) is 1. The van der Waals surface area contributed by atoms with Crippen molar-refractivity contribution >= 4 is 11.3 Å². The lowest BCUT2D eigenvalue weighted by molar-refractivity contribution is 0.0302. The molecule has 90 valence electrons. The molecule has 1 aromatic heterocycles. The summed E-state index contributed by atoms with van der Waals surface area (Å²) in [6, 6.07) is 0. The molecule has 1 aliphatic carbocycles. The Hall–Kier alpha value is -0.450. The van der Waals surface area contributed by atoms with Crippen molar-refractivity contribution in [2.45, 2.75) is 44.8 Å². The number of nitrogens with zero attached hydrogens (tertiary/aromatic N) is 1. The lowest BCUT2D eigenvalue weighted by Crippen LogP contribution is -2.24. The monoisotopic (exact) mass is 240 g/mol. The summed E-state index contributed by atoms with van der Waals surface area (Å²) in [4.78, 5) is 5.33. The summed E-state index contributed by atoms with van der Waals surface area (Å²) >= 11 is 1.69. The summed E-state index contributed by atoms with van der Waals surface area (Å²) in [6.45, 7) is 2.69. The molecule has 1 fully saturated rings. The molecule has 1 N–H and O–H groups in total. The predicted molar refractivity (Wildman–Crippen MR) is 66.6 cm³/mol. The molecule has 0 radical (unpaired) electrons. The van der Waals surface area contributed by atoms with Crippen molar-refractivity contribution in [2.75, 3.05) is 13.2 Å². The fraction of sp³-hybridized carbons (Fsp3) is 0.750. The quantitative estimate of drug-likeness (QED) is 0.776. The third kappa shape index (κ3) is 4.20. The maximum atomic E-state index is 5.83. The number of aromatic nitrogens is 1. The maximum Gasteiger partial charge on any atom is 0.0794 e. The van der Waals surface area contributed by atoms with Crippen molar-refractivity contribution < 1.29 is 4.74 Å². The molecule has 0 aliphatic heterocycles. The van der Waals surface area contributed by atoms with Crippen LogP contribution in [-0.4, -0.2) is 24.2 Å². The lowest BCUT2D eigenvalue weighted by Gasteiger charge is -2.21. The third-order valence-electron chi connectivity index (χ3n) is 2.97. The highest BCUT2D eigenvalue weighted by molar-refractivity contribution is 7.09. The van der Waals surface area contributed by atoms with E-state index in [1.54, 1.807) is 11.3 Å². The highest BCUT2D eigenvalue weighted by Gasteiger charge is 2.12. The molecule has 3 nitrogen and oxygen atoms in total. The molecular weight excluding hydrogens is 220 g/mol. The molecule has 0 unspecified atom stereocenters. The van der Waals surface area contributed by atoms with Crippen LogP contribution in [0.2, 0.25) is 0 Å². The molecule has 4 heteroatoms. The zero-order chi connectivity index (χ0) is 11.1. The maximum absolute atomic E-state index is 5.83. The van der Waals surface area contributed by atoms with Crippen molar-refractivity contribution in [1.82, 2.24) is 10.3 Å². The Morgan fingerprint density at radius 1 is 1.38 bits per heavy atom. The third-order valence-corrected chi connectivity index (χ3v) is 3.75.